The van der Waals surface area contributed by atoms with Crippen LogP contribution < -0.4 is 9.62 Å². The monoisotopic (exact) mass is 372 g/mol. The lowest BCUT2D eigenvalue weighted by molar-refractivity contribution is -0.114. The summed E-state index contributed by atoms with van der Waals surface area (Å²) < 4.78 is 25.7. The maximum absolute atomic E-state index is 12.1. The Morgan fingerprint density at radius 3 is 2.48 bits per heavy atom. The fraction of sp³-hybridized carbons (Fsp3) is 0.308. The minimum Gasteiger partial charge on any atom is -0.299 e. The molecule has 0 fully saturated rings. The molecule has 1 N–H and O–H groups in total. The van der Waals surface area contributed by atoms with E-state index < -0.39 is 15.9 Å². The Hall–Kier alpha value is -1.65. The number of hydrogen-bond acceptors (Lipinski definition) is 7. The van der Waals surface area contributed by atoms with E-state index in [1.165, 1.54) is 23.1 Å². The van der Waals surface area contributed by atoms with Gasteiger partial charge in [0.15, 0.2) is 4.34 Å². The number of carbonyl (C=O) groups is 1. The van der Waals surface area contributed by atoms with Gasteiger partial charge in [-0.15, -0.1) is 10.2 Å². The first-order valence-corrected chi connectivity index (χ1v) is 10.4. The highest BCUT2D eigenvalue weighted by molar-refractivity contribution is 8.00. The largest absolute Gasteiger partial charge is 0.299 e. The van der Waals surface area contributed by atoms with Crippen LogP contribution in [0.5, 0.6) is 0 Å². The van der Waals surface area contributed by atoms with Crippen molar-refractivity contribution in [1.29, 1.82) is 0 Å². The molecule has 0 saturated carbocycles. The first kappa shape index (κ1) is 17.7. The van der Waals surface area contributed by atoms with Gasteiger partial charge in [-0.1, -0.05) is 40.8 Å². The fourth-order valence-corrected chi connectivity index (χ4v) is 3.79. The molecule has 0 aliphatic heterocycles. The molecule has 1 aromatic heterocycles. The summed E-state index contributed by atoms with van der Waals surface area (Å²) in [5.41, 5.74) is 1.44. The Kier molecular flexibility index (Phi) is 5.60. The zero-order valence-electron chi connectivity index (χ0n) is 12.8. The second kappa shape index (κ2) is 7.28. The van der Waals surface area contributed by atoms with Gasteiger partial charge in [0, 0.05) is 0 Å². The van der Waals surface area contributed by atoms with E-state index in [2.05, 4.69) is 15.5 Å². The van der Waals surface area contributed by atoms with Gasteiger partial charge < -0.3 is 0 Å². The Bertz CT molecular complexity index is 787. The molecular formula is C13H16N4O3S3. The van der Waals surface area contributed by atoms with Crippen molar-refractivity contribution in [1.82, 2.24) is 10.2 Å². The lowest BCUT2D eigenvalue weighted by Gasteiger charge is -2.21. The molecule has 2 aromatic rings. The normalized spacial score (nSPS) is 11.3. The lowest BCUT2D eigenvalue weighted by Crippen LogP contribution is -2.37. The SMILES string of the molecule is CSc1nnc(NC(=O)CN(c2ccc(C)cc2)S(C)(=O)=O)s1. The Morgan fingerprint density at radius 1 is 1.30 bits per heavy atom. The quantitative estimate of drug-likeness (QED) is 0.616. The number of nitrogens with one attached hydrogen (secondary N) is 1. The van der Waals surface area contributed by atoms with Gasteiger partial charge in [0.05, 0.1) is 11.9 Å². The van der Waals surface area contributed by atoms with Crippen LogP contribution in [-0.2, 0) is 14.8 Å². The molecule has 1 amide bonds. The summed E-state index contributed by atoms with van der Waals surface area (Å²) in [6.45, 7) is 1.58. The first-order chi connectivity index (χ1) is 10.8. The zero-order chi connectivity index (χ0) is 17.0. The number of amides is 1. The molecular weight excluding hydrogens is 356 g/mol. The van der Waals surface area contributed by atoms with E-state index in [0.717, 1.165) is 20.5 Å². The Morgan fingerprint density at radius 2 is 1.96 bits per heavy atom. The van der Waals surface area contributed by atoms with Gasteiger partial charge in [0.2, 0.25) is 21.1 Å². The molecule has 0 aliphatic carbocycles. The third kappa shape index (κ3) is 4.91. The Labute approximate surface area is 143 Å². The third-order valence-corrected chi connectivity index (χ3v) is 5.79. The van der Waals surface area contributed by atoms with Crippen molar-refractivity contribution in [2.24, 2.45) is 0 Å². The molecule has 7 nitrogen and oxygen atoms in total. The molecule has 1 aromatic carbocycles. The van der Waals surface area contributed by atoms with E-state index in [-0.39, 0.29) is 6.54 Å². The number of anilines is 2. The first-order valence-electron chi connectivity index (χ1n) is 6.51. The van der Waals surface area contributed by atoms with Crippen LogP contribution in [0.2, 0.25) is 0 Å². The number of nitrogens with zero attached hydrogens (tertiary/aromatic N) is 3. The van der Waals surface area contributed by atoms with Crippen LogP contribution in [0.4, 0.5) is 10.8 Å². The maximum Gasteiger partial charge on any atom is 0.246 e. The lowest BCUT2D eigenvalue weighted by atomic mass is 10.2. The molecule has 10 heteroatoms. The number of thioether (sulfide) groups is 1. The van der Waals surface area contributed by atoms with Gasteiger partial charge in [-0.05, 0) is 25.3 Å². The van der Waals surface area contributed by atoms with E-state index in [4.69, 9.17) is 0 Å². The van der Waals surface area contributed by atoms with E-state index in [9.17, 15) is 13.2 Å². The number of aromatic nitrogens is 2. The van der Waals surface area contributed by atoms with Gasteiger partial charge in [0.25, 0.3) is 0 Å². The molecule has 0 unspecified atom stereocenters. The van der Waals surface area contributed by atoms with Crippen LogP contribution in [-0.4, -0.2) is 43.6 Å². The second-order valence-electron chi connectivity index (χ2n) is 4.73. The van der Waals surface area contributed by atoms with E-state index in [1.807, 2.05) is 13.2 Å². The van der Waals surface area contributed by atoms with Crippen LogP contribution in [0.3, 0.4) is 0 Å². The summed E-state index contributed by atoms with van der Waals surface area (Å²) >= 11 is 2.65. The van der Waals surface area contributed by atoms with E-state index in [0.29, 0.717) is 10.8 Å². The highest BCUT2D eigenvalue weighted by Gasteiger charge is 2.21. The van der Waals surface area contributed by atoms with Crippen LogP contribution in [0.25, 0.3) is 0 Å². The van der Waals surface area contributed by atoms with Crippen molar-refractivity contribution in [3.8, 4) is 0 Å². The number of hydrogen-bond donors (Lipinski definition) is 1. The summed E-state index contributed by atoms with van der Waals surface area (Å²) in [5.74, 6) is -0.472. The van der Waals surface area contributed by atoms with Crippen molar-refractivity contribution in [2.75, 3.05) is 28.7 Å². The van der Waals surface area contributed by atoms with Crippen LogP contribution in [0, 0.1) is 6.92 Å². The second-order valence-corrected chi connectivity index (χ2v) is 8.67. The molecule has 0 bridgehead atoms. The van der Waals surface area contributed by atoms with Crippen molar-refractivity contribution in [3.05, 3.63) is 29.8 Å². The van der Waals surface area contributed by atoms with Crippen LogP contribution in [0.1, 0.15) is 5.56 Å². The zero-order valence-corrected chi connectivity index (χ0v) is 15.3. The van der Waals surface area contributed by atoms with Gasteiger partial charge in [0.1, 0.15) is 6.54 Å². The number of aryl methyl sites for hydroxylation is 1. The van der Waals surface area contributed by atoms with Crippen molar-refractivity contribution in [3.63, 3.8) is 0 Å². The van der Waals surface area contributed by atoms with Gasteiger partial charge in [-0.2, -0.15) is 0 Å². The predicted molar refractivity (Wildman–Crippen MR) is 93.7 cm³/mol. The van der Waals surface area contributed by atoms with Crippen molar-refractivity contribution in [2.45, 2.75) is 11.3 Å². The van der Waals surface area contributed by atoms with Crippen molar-refractivity contribution >= 4 is 49.8 Å². The van der Waals surface area contributed by atoms with Crippen LogP contribution in [0.15, 0.2) is 28.6 Å². The Balaban J connectivity index is 2.14. The number of sulfonamides is 1. The predicted octanol–water partition coefficient (Wildman–Crippen LogP) is 1.97. The molecule has 1 heterocycles. The molecule has 0 aliphatic rings. The number of carbonyl (C=O) groups excluding carboxylic acids is 1. The average molecular weight is 372 g/mol. The van der Waals surface area contributed by atoms with Gasteiger partial charge in [-0.25, -0.2) is 8.42 Å². The summed E-state index contributed by atoms with van der Waals surface area (Å²) in [6, 6.07) is 6.92. The molecule has 0 saturated heterocycles. The highest BCUT2D eigenvalue weighted by Crippen LogP contribution is 2.23. The average Bonchev–Trinajstić information content (AvgIpc) is 2.92. The van der Waals surface area contributed by atoms with Crippen molar-refractivity contribution < 1.29 is 13.2 Å². The van der Waals surface area contributed by atoms with Crippen LogP contribution >= 0.6 is 23.1 Å². The van der Waals surface area contributed by atoms with Gasteiger partial charge in [-0.3, -0.25) is 14.4 Å². The summed E-state index contributed by atoms with van der Waals surface area (Å²) in [4.78, 5) is 12.1. The van der Waals surface area contributed by atoms with E-state index >= 15 is 0 Å². The molecule has 0 radical (unpaired) electrons. The molecule has 23 heavy (non-hydrogen) atoms. The number of rotatable bonds is 6. The summed E-state index contributed by atoms with van der Waals surface area (Å²) in [6.07, 6.45) is 2.92. The molecule has 0 spiro atoms. The highest BCUT2D eigenvalue weighted by atomic mass is 32.2. The standard InChI is InChI=1S/C13H16N4O3S3/c1-9-4-6-10(7-5-9)17(23(3,19)20)8-11(18)14-12-15-16-13(21-2)22-12/h4-7H,8H2,1-3H3,(H,14,15,18). The van der Waals surface area contributed by atoms with Gasteiger partial charge >= 0.3 is 0 Å². The minimum absolute atomic E-state index is 0.323. The fourth-order valence-electron chi connectivity index (χ4n) is 1.74. The summed E-state index contributed by atoms with van der Waals surface area (Å²) in [7, 11) is -3.58. The molecule has 2 rings (SSSR count). The maximum atomic E-state index is 12.1. The van der Waals surface area contributed by atoms with E-state index in [1.54, 1.807) is 24.3 Å². The molecule has 124 valence electrons. The summed E-state index contributed by atoms with van der Waals surface area (Å²) in [5, 5.41) is 10.6. The third-order valence-electron chi connectivity index (χ3n) is 2.84. The molecule has 0 atom stereocenters. The number of benzene rings is 1. The smallest absolute Gasteiger partial charge is 0.246 e. The topological polar surface area (TPSA) is 92.3 Å². The minimum atomic E-state index is -3.58.